The van der Waals surface area contributed by atoms with Crippen molar-refractivity contribution in [1.82, 2.24) is 0 Å². The Morgan fingerprint density at radius 1 is 0.852 bits per heavy atom. The monoisotopic (exact) mass is 370 g/mol. The first-order valence-corrected chi connectivity index (χ1v) is 11.7. The van der Waals surface area contributed by atoms with Gasteiger partial charge in [0.15, 0.2) is 0 Å². The first-order valence-electron chi connectivity index (χ1n) is 11.7. The van der Waals surface area contributed by atoms with E-state index in [1.807, 2.05) is 12.1 Å². The van der Waals surface area contributed by atoms with Crippen LogP contribution >= 0.6 is 0 Å². The van der Waals surface area contributed by atoms with Crippen molar-refractivity contribution in [2.45, 2.75) is 96.3 Å². The van der Waals surface area contributed by atoms with Crippen LogP contribution in [0, 0.1) is 23.6 Å². The number of hydrogen-bond donors (Lipinski definition) is 0. The molecular weight excluding hydrogens is 331 g/mol. The predicted octanol–water partition coefficient (Wildman–Crippen LogP) is 8.43. The van der Waals surface area contributed by atoms with Crippen LogP contribution in [0.5, 0.6) is 0 Å². The summed E-state index contributed by atoms with van der Waals surface area (Å²) in [6.07, 6.45) is 23.0. The second-order valence-electron chi connectivity index (χ2n) is 9.20. The summed E-state index contributed by atoms with van der Waals surface area (Å²) in [7, 11) is 0. The number of benzene rings is 1. The SMILES string of the molecule is CCCCC1CCC(CC/C=C/C2CCC(c3ccc(F)cc3)CC2)CC1. The van der Waals surface area contributed by atoms with Gasteiger partial charge in [-0.15, -0.1) is 0 Å². The average molecular weight is 371 g/mol. The molecule has 2 aliphatic rings. The predicted molar refractivity (Wildman–Crippen MR) is 114 cm³/mol. The molecule has 1 aromatic rings. The molecule has 0 heterocycles. The highest BCUT2D eigenvalue weighted by Crippen LogP contribution is 2.37. The van der Waals surface area contributed by atoms with E-state index in [4.69, 9.17) is 0 Å². The van der Waals surface area contributed by atoms with Gasteiger partial charge in [0, 0.05) is 0 Å². The van der Waals surface area contributed by atoms with E-state index in [0.29, 0.717) is 5.92 Å². The zero-order valence-corrected chi connectivity index (χ0v) is 17.3. The average Bonchev–Trinajstić information content (AvgIpc) is 2.72. The normalized spacial score (nSPS) is 29.3. The van der Waals surface area contributed by atoms with Crippen LogP contribution < -0.4 is 0 Å². The highest BCUT2D eigenvalue weighted by atomic mass is 19.1. The van der Waals surface area contributed by atoms with Crippen molar-refractivity contribution < 1.29 is 4.39 Å². The summed E-state index contributed by atoms with van der Waals surface area (Å²) in [5, 5.41) is 0. The minimum atomic E-state index is -0.121. The Labute approximate surface area is 166 Å². The van der Waals surface area contributed by atoms with Crippen LogP contribution in [0.4, 0.5) is 4.39 Å². The molecule has 0 N–H and O–H groups in total. The zero-order valence-electron chi connectivity index (χ0n) is 17.3. The van der Waals surface area contributed by atoms with E-state index < -0.39 is 0 Å². The van der Waals surface area contributed by atoms with Crippen LogP contribution in [0.2, 0.25) is 0 Å². The third-order valence-corrected chi connectivity index (χ3v) is 7.20. The first-order chi connectivity index (χ1) is 13.2. The Bertz CT molecular complexity index is 542. The molecule has 150 valence electrons. The molecular formula is C26H39F. The van der Waals surface area contributed by atoms with Gasteiger partial charge in [0.2, 0.25) is 0 Å². The Morgan fingerprint density at radius 3 is 2.11 bits per heavy atom. The standard InChI is InChI=1S/C26H39F/c1-2-3-6-21-9-11-22(12-10-21)7-4-5-8-23-13-15-24(16-14-23)25-17-19-26(27)20-18-25/h5,8,17-24H,2-4,6-7,9-16H2,1H3/b8-5+. The lowest BCUT2D eigenvalue weighted by Gasteiger charge is -2.28. The minimum Gasteiger partial charge on any atom is -0.207 e. The van der Waals surface area contributed by atoms with Crippen LogP contribution in [-0.4, -0.2) is 0 Å². The molecule has 0 saturated heterocycles. The summed E-state index contributed by atoms with van der Waals surface area (Å²) in [5.41, 5.74) is 1.33. The lowest BCUT2D eigenvalue weighted by Crippen LogP contribution is -2.14. The summed E-state index contributed by atoms with van der Waals surface area (Å²) in [4.78, 5) is 0. The molecule has 2 fully saturated rings. The number of unbranched alkanes of at least 4 members (excludes halogenated alkanes) is 1. The molecule has 1 heteroatoms. The van der Waals surface area contributed by atoms with Gasteiger partial charge >= 0.3 is 0 Å². The highest BCUT2D eigenvalue weighted by molar-refractivity contribution is 5.21. The lowest BCUT2D eigenvalue weighted by atomic mass is 9.77. The summed E-state index contributed by atoms with van der Waals surface area (Å²) >= 11 is 0. The highest BCUT2D eigenvalue weighted by Gasteiger charge is 2.22. The van der Waals surface area contributed by atoms with E-state index in [-0.39, 0.29) is 5.82 Å². The largest absolute Gasteiger partial charge is 0.207 e. The van der Waals surface area contributed by atoms with Crippen LogP contribution in [0.15, 0.2) is 36.4 Å². The third-order valence-electron chi connectivity index (χ3n) is 7.20. The van der Waals surface area contributed by atoms with E-state index in [2.05, 4.69) is 19.1 Å². The van der Waals surface area contributed by atoms with Crippen molar-refractivity contribution in [3.8, 4) is 0 Å². The van der Waals surface area contributed by atoms with Crippen molar-refractivity contribution >= 4 is 0 Å². The van der Waals surface area contributed by atoms with Gasteiger partial charge in [-0.2, -0.15) is 0 Å². The van der Waals surface area contributed by atoms with Crippen LogP contribution in [0.1, 0.15) is 102 Å². The summed E-state index contributed by atoms with van der Waals surface area (Å²) in [5.74, 6) is 3.31. The molecule has 0 bridgehead atoms. The Kier molecular flexibility index (Phi) is 8.42. The molecule has 0 unspecified atom stereocenters. The number of rotatable bonds is 8. The van der Waals surface area contributed by atoms with Gasteiger partial charge in [-0.3, -0.25) is 0 Å². The van der Waals surface area contributed by atoms with E-state index in [1.165, 1.54) is 89.0 Å². The van der Waals surface area contributed by atoms with Crippen molar-refractivity contribution in [3.05, 3.63) is 47.8 Å². The van der Waals surface area contributed by atoms with Crippen molar-refractivity contribution in [2.75, 3.05) is 0 Å². The molecule has 2 saturated carbocycles. The molecule has 2 aliphatic carbocycles. The quantitative estimate of drug-likeness (QED) is 0.403. The molecule has 0 atom stereocenters. The Balaban J connectivity index is 1.29. The van der Waals surface area contributed by atoms with Crippen LogP contribution in [0.25, 0.3) is 0 Å². The molecule has 1 aromatic carbocycles. The fourth-order valence-electron chi connectivity index (χ4n) is 5.30. The molecule has 27 heavy (non-hydrogen) atoms. The third kappa shape index (κ3) is 6.77. The van der Waals surface area contributed by atoms with E-state index in [1.54, 1.807) is 12.1 Å². The van der Waals surface area contributed by atoms with E-state index in [9.17, 15) is 4.39 Å². The molecule has 0 aliphatic heterocycles. The smallest absolute Gasteiger partial charge is 0.123 e. The van der Waals surface area contributed by atoms with Gasteiger partial charge in [-0.05, 0) is 79.9 Å². The van der Waals surface area contributed by atoms with E-state index >= 15 is 0 Å². The van der Waals surface area contributed by atoms with Crippen LogP contribution in [-0.2, 0) is 0 Å². The number of hydrogen-bond acceptors (Lipinski definition) is 0. The second-order valence-corrected chi connectivity index (χ2v) is 9.20. The number of allylic oxidation sites excluding steroid dienone is 2. The Hall–Kier alpha value is -1.11. The number of halogens is 1. The zero-order chi connectivity index (χ0) is 18.9. The topological polar surface area (TPSA) is 0 Å². The fraction of sp³-hybridized carbons (Fsp3) is 0.692. The maximum atomic E-state index is 13.1. The van der Waals surface area contributed by atoms with E-state index in [0.717, 1.165) is 17.8 Å². The van der Waals surface area contributed by atoms with Gasteiger partial charge in [-0.1, -0.05) is 76.2 Å². The maximum Gasteiger partial charge on any atom is 0.123 e. The van der Waals surface area contributed by atoms with Crippen molar-refractivity contribution in [3.63, 3.8) is 0 Å². The summed E-state index contributed by atoms with van der Waals surface area (Å²) in [6, 6.07) is 7.18. The second kappa shape index (κ2) is 11.0. The molecule has 0 amide bonds. The van der Waals surface area contributed by atoms with Gasteiger partial charge in [0.1, 0.15) is 5.82 Å². The molecule has 0 nitrogen and oxygen atoms in total. The fourth-order valence-corrected chi connectivity index (χ4v) is 5.30. The van der Waals surface area contributed by atoms with Gasteiger partial charge in [-0.25, -0.2) is 4.39 Å². The first kappa shape index (κ1) is 20.6. The molecule has 0 radical (unpaired) electrons. The maximum absolute atomic E-state index is 13.1. The van der Waals surface area contributed by atoms with Gasteiger partial charge in [0.05, 0.1) is 0 Å². The lowest BCUT2D eigenvalue weighted by molar-refractivity contribution is 0.250. The van der Waals surface area contributed by atoms with Gasteiger partial charge < -0.3 is 0 Å². The molecule has 3 rings (SSSR count). The van der Waals surface area contributed by atoms with Crippen LogP contribution in [0.3, 0.4) is 0 Å². The minimum absolute atomic E-state index is 0.121. The van der Waals surface area contributed by atoms with Crippen molar-refractivity contribution in [1.29, 1.82) is 0 Å². The summed E-state index contributed by atoms with van der Waals surface area (Å²) in [6.45, 7) is 2.31. The summed E-state index contributed by atoms with van der Waals surface area (Å²) < 4.78 is 13.1. The van der Waals surface area contributed by atoms with Gasteiger partial charge in [0.25, 0.3) is 0 Å². The molecule has 0 spiro atoms. The Morgan fingerprint density at radius 2 is 1.48 bits per heavy atom. The van der Waals surface area contributed by atoms with Crippen molar-refractivity contribution in [2.24, 2.45) is 17.8 Å². The molecule has 0 aromatic heterocycles.